The standard InChI is InChI=1S/C14H14N2O/c1-10(17)12-8-5-9-13(14(12)15)16-11-6-3-2-4-7-11/h2-9,16H,15H2,1H3. The molecule has 0 aliphatic rings. The van der Waals surface area contributed by atoms with Crippen molar-refractivity contribution in [1.29, 1.82) is 0 Å². The lowest BCUT2D eigenvalue weighted by molar-refractivity contribution is 0.101. The number of benzene rings is 2. The number of nitrogens with two attached hydrogens (primary N) is 1. The van der Waals surface area contributed by atoms with E-state index in [1.54, 1.807) is 6.07 Å². The van der Waals surface area contributed by atoms with Crippen molar-refractivity contribution >= 4 is 22.8 Å². The van der Waals surface area contributed by atoms with E-state index in [0.717, 1.165) is 11.4 Å². The second kappa shape index (κ2) is 4.70. The van der Waals surface area contributed by atoms with Crippen LogP contribution in [0.5, 0.6) is 0 Å². The van der Waals surface area contributed by atoms with E-state index < -0.39 is 0 Å². The van der Waals surface area contributed by atoms with Crippen molar-refractivity contribution in [2.45, 2.75) is 6.92 Å². The molecular formula is C14H14N2O. The number of anilines is 3. The summed E-state index contributed by atoms with van der Waals surface area (Å²) in [5.41, 5.74) is 8.68. The maximum atomic E-state index is 11.4. The second-order valence-corrected chi connectivity index (χ2v) is 3.81. The number of hydrogen-bond donors (Lipinski definition) is 2. The van der Waals surface area contributed by atoms with Crippen LogP contribution in [0.2, 0.25) is 0 Å². The summed E-state index contributed by atoms with van der Waals surface area (Å²) in [7, 11) is 0. The number of carbonyl (C=O) groups is 1. The van der Waals surface area contributed by atoms with E-state index in [0.29, 0.717) is 11.3 Å². The number of carbonyl (C=O) groups excluding carboxylic acids is 1. The van der Waals surface area contributed by atoms with Crippen molar-refractivity contribution in [3.63, 3.8) is 0 Å². The van der Waals surface area contributed by atoms with Gasteiger partial charge in [0.1, 0.15) is 0 Å². The van der Waals surface area contributed by atoms with E-state index in [9.17, 15) is 4.79 Å². The third kappa shape index (κ3) is 2.45. The first kappa shape index (κ1) is 11.2. The van der Waals surface area contributed by atoms with Gasteiger partial charge >= 0.3 is 0 Å². The summed E-state index contributed by atoms with van der Waals surface area (Å²) in [6.45, 7) is 1.51. The number of nitrogen functional groups attached to an aromatic ring is 1. The van der Waals surface area contributed by atoms with Gasteiger partial charge in [-0.25, -0.2) is 0 Å². The molecule has 2 aromatic rings. The summed E-state index contributed by atoms with van der Waals surface area (Å²) >= 11 is 0. The molecule has 0 saturated carbocycles. The van der Waals surface area contributed by atoms with Crippen molar-refractivity contribution in [2.24, 2.45) is 0 Å². The molecule has 0 bridgehead atoms. The maximum Gasteiger partial charge on any atom is 0.161 e. The minimum Gasteiger partial charge on any atom is -0.396 e. The van der Waals surface area contributed by atoms with Gasteiger partial charge in [0.25, 0.3) is 0 Å². The predicted molar refractivity (Wildman–Crippen MR) is 70.6 cm³/mol. The van der Waals surface area contributed by atoms with Gasteiger partial charge in [0.2, 0.25) is 0 Å². The minimum atomic E-state index is -0.0285. The summed E-state index contributed by atoms with van der Waals surface area (Å²) in [6.07, 6.45) is 0. The highest BCUT2D eigenvalue weighted by Gasteiger charge is 2.08. The topological polar surface area (TPSA) is 55.1 Å². The first-order valence-corrected chi connectivity index (χ1v) is 5.40. The van der Waals surface area contributed by atoms with Crippen molar-refractivity contribution in [1.82, 2.24) is 0 Å². The fraction of sp³-hybridized carbons (Fsp3) is 0.0714. The van der Waals surface area contributed by atoms with E-state index in [1.807, 2.05) is 42.5 Å². The lowest BCUT2D eigenvalue weighted by atomic mass is 10.1. The van der Waals surface area contributed by atoms with Gasteiger partial charge in [-0.2, -0.15) is 0 Å². The molecule has 0 spiro atoms. The molecule has 2 aromatic carbocycles. The molecule has 3 heteroatoms. The highest BCUT2D eigenvalue weighted by Crippen LogP contribution is 2.26. The Balaban J connectivity index is 2.34. The predicted octanol–water partition coefficient (Wildman–Crippen LogP) is 3.22. The molecule has 0 aliphatic carbocycles. The summed E-state index contributed by atoms with van der Waals surface area (Å²) in [4.78, 5) is 11.4. The summed E-state index contributed by atoms with van der Waals surface area (Å²) in [6, 6.07) is 15.1. The molecule has 3 N–H and O–H groups in total. The van der Waals surface area contributed by atoms with Crippen LogP contribution in [0.3, 0.4) is 0 Å². The SMILES string of the molecule is CC(=O)c1cccc(Nc2ccccc2)c1N. The summed E-state index contributed by atoms with van der Waals surface area (Å²) in [5.74, 6) is -0.0285. The number of nitrogens with one attached hydrogen (secondary N) is 1. The van der Waals surface area contributed by atoms with Crippen LogP contribution in [0.25, 0.3) is 0 Å². The molecule has 0 fully saturated rings. The average molecular weight is 226 g/mol. The van der Waals surface area contributed by atoms with Gasteiger partial charge in [-0.15, -0.1) is 0 Å². The normalized spacial score (nSPS) is 9.94. The number of ketones is 1. The Kier molecular flexibility index (Phi) is 3.10. The van der Waals surface area contributed by atoms with Crippen molar-refractivity contribution in [3.8, 4) is 0 Å². The van der Waals surface area contributed by atoms with E-state index in [4.69, 9.17) is 5.73 Å². The van der Waals surface area contributed by atoms with Gasteiger partial charge in [0, 0.05) is 11.3 Å². The lowest BCUT2D eigenvalue weighted by Gasteiger charge is -2.11. The third-order valence-corrected chi connectivity index (χ3v) is 2.54. The molecule has 86 valence electrons. The van der Waals surface area contributed by atoms with Gasteiger partial charge in [-0.1, -0.05) is 24.3 Å². The maximum absolute atomic E-state index is 11.4. The fourth-order valence-corrected chi connectivity index (χ4v) is 1.66. The quantitative estimate of drug-likeness (QED) is 0.624. The number of hydrogen-bond acceptors (Lipinski definition) is 3. The first-order valence-electron chi connectivity index (χ1n) is 5.40. The summed E-state index contributed by atoms with van der Waals surface area (Å²) in [5, 5.41) is 3.19. The number of para-hydroxylation sites is 2. The number of rotatable bonds is 3. The zero-order chi connectivity index (χ0) is 12.3. The third-order valence-electron chi connectivity index (χ3n) is 2.54. The zero-order valence-corrected chi connectivity index (χ0v) is 9.60. The van der Waals surface area contributed by atoms with Crippen LogP contribution in [0.1, 0.15) is 17.3 Å². The van der Waals surface area contributed by atoms with Crippen molar-refractivity contribution in [3.05, 3.63) is 54.1 Å². The van der Waals surface area contributed by atoms with Crippen LogP contribution < -0.4 is 11.1 Å². The molecule has 3 nitrogen and oxygen atoms in total. The van der Waals surface area contributed by atoms with E-state index >= 15 is 0 Å². The molecule has 0 aliphatic heterocycles. The molecule has 0 heterocycles. The molecule has 2 rings (SSSR count). The van der Waals surface area contributed by atoms with Crippen molar-refractivity contribution < 1.29 is 4.79 Å². The highest BCUT2D eigenvalue weighted by atomic mass is 16.1. The van der Waals surface area contributed by atoms with Gasteiger partial charge in [-0.05, 0) is 31.2 Å². The Bertz CT molecular complexity index is 535. The molecule has 17 heavy (non-hydrogen) atoms. The van der Waals surface area contributed by atoms with E-state index in [1.165, 1.54) is 6.92 Å². The Morgan fingerprint density at radius 2 is 1.76 bits per heavy atom. The molecule has 0 unspecified atom stereocenters. The Morgan fingerprint density at radius 1 is 1.06 bits per heavy atom. The molecule has 0 atom stereocenters. The van der Waals surface area contributed by atoms with E-state index in [-0.39, 0.29) is 5.78 Å². The Morgan fingerprint density at radius 3 is 2.41 bits per heavy atom. The zero-order valence-electron chi connectivity index (χ0n) is 9.60. The van der Waals surface area contributed by atoms with Crippen LogP contribution in [-0.4, -0.2) is 5.78 Å². The minimum absolute atomic E-state index is 0.0285. The molecule has 0 radical (unpaired) electrons. The van der Waals surface area contributed by atoms with E-state index in [2.05, 4.69) is 5.32 Å². The Hall–Kier alpha value is -2.29. The van der Waals surface area contributed by atoms with Gasteiger partial charge in [-0.3, -0.25) is 4.79 Å². The first-order chi connectivity index (χ1) is 8.18. The van der Waals surface area contributed by atoms with Crippen molar-refractivity contribution in [2.75, 3.05) is 11.1 Å². The monoisotopic (exact) mass is 226 g/mol. The fourth-order valence-electron chi connectivity index (χ4n) is 1.66. The van der Waals surface area contributed by atoms with Gasteiger partial charge < -0.3 is 11.1 Å². The average Bonchev–Trinajstić information content (AvgIpc) is 2.33. The number of Topliss-reactive ketones (excluding diaryl/α,β-unsaturated/α-hetero) is 1. The molecule has 0 saturated heterocycles. The van der Waals surface area contributed by atoms with Crippen LogP contribution in [0.15, 0.2) is 48.5 Å². The second-order valence-electron chi connectivity index (χ2n) is 3.81. The molecule has 0 amide bonds. The van der Waals surface area contributed by atoms with Crippen LogP contribution in [0, 0.1) is 0 Å². The Labute approximate surface area is 100 Å². The summed E-state index contributed by atoms with van der Waals surface area (Å²) < 4.78 is 0. The largest absolute Gasteiger partial charge is 0.396 e. The molecule has 0 aromatic heterocycles. The van der Waals surface area contributed by atoms with Gasteiger partial charge in [0.15, 0.2) is 5.78 Å². The molecular weight excluding hydrogens is 212 g/mol. The van der Waals surface area contributed by atoms with Crippen LogP contribution in [-0.2, 0) is 0 Å². The van der Waals surface area contributed by atoms with Crippen LogP contribution >= 0.6 is 0 Å². The van der Waals surface area contributed by atoms with Gasteiger partial charge in [0.05, 0.1) is 11.4 Å². The van der Waals surface area contributed by atoms with Crippen LogP contribution in [0.4, 0.5) is 17.1 Å². The smallest absolute Gasteiger partial charge is 0.161 e. The lowest BCUT2D eigenvalue weighted by Crippen LogP contribution is -2.03. The highest BCUT2D eigenvalue weighted by molar-refractivity contribution is 6.02.